The molecule has 1 aliphatic rings. The van der Waals surface area contributed by atoms with Gasteiger partial charge in [0.25, 0.3) is 5.91 Å². The van der Waals surface area contributed by atoms with Crippen molar-refractivity contribution in [2.45, 2.75) is 33.3 Å². The van der Waals surface area contributed by atoms with E-state index in [0.717, 1.165) is 10.8 Å². The molecule has 1 heterocycles. The highest BCUT2D eigenvalue weighted by Crippen LogP contribution is 2.28. The van der Waals surface area contributed by atoms with Gasteiger partial charge in [-0.2, -0.15) is 0 Å². The monoisotopic (exact) mass is 384 g/mol. The Morgan fingerprint density at radius 3 is 2.11 bits per heavy atom. The highest BCUT2D eigenvalue weighted by molar-refractivity contribution is 6.01. The first kappa shape index (κ1) is 20.0. The number of hydrogen-bond donors (Lipinski definition) is 0. The van der Waals surface area contributed by atoms with Crippen LogP contribution in [0.5, 0.6) is 5.75 Å². The molecule has 3 rings (SSSR count). The second-order valence-electron chi connectivity index (χ2n) is 7.89. The molecular weight excluding hydrogens is 356 g/mol. The standard InChI is InChI=1S/C22H28N2O4/c1-5-27-19-15-17-9-7-6-8-16(17)14-18(19)20(25)23-10-12-24(13-11-23)21(26)28-22(2,3)4/h6-9,14-15H,5,10-13H2,1-4H3. The van der Waals surface area contributed by atoms with E-state index in [4.69, 9.17) is 9.47 Å². The molecule has 1 aliphatic heterocycles. The van der Waals surface area contributed by atoms with Crippen LogP contribution in [0.2, 0.25) is 0 Å². The van der Waals surface area contributed by atoms with Crippen molar-refractivity contribution in [3.63, 3.8) is 0 Å². The number of fused-ring (bicyclic) bond motifs is 1. The summed E-state index contributed by atoms with van der Waals surface area (Å²) >= 11 is 0. The molecule has 28 heavy (non-hydrogen) atoms. The minimum absolute atomic E-state index is 0.0713. The first-order valence-corrected chi connectivity index (χ1v) is 9.71. The van der Waals surface area contributed by atoms with Crippen LogP contribution in [0.1, 0.15) is 38.1 Å². The molecule has 2 amide bonds. The zero-order valence-electron chi connectivity index (χ0n) is 17.0. The Labute approximate surface area is 166 Å². The van der Waals surface area contributed by atoms with Crippen molar-refractivity contribution >= 4 is 22.8 Å². The van der Waals surface area contributed by atoms with E-state index in [-0.39, 0.29) is 12.0 Å². The zero-order valence-corrected chi connectivity index (χ0v) is 17.0. The van der Waals surface area contributed by atoms with Gasteiger partial charge < -0.3 is 19.3 Å². The second-order valence-corrected chi connectivity index (χ2v) is 7.89. The summed E-state index contributed by atoms with van der Waals surface area (Å²) in [5, 5.41) is 2.04. The molecule has 2 aromatic rings. The molecule has 6 nitrogen and oxygen atoms in total. The van der Waals surface area contributed by atoms with Crippen LogP contribution < -0.4 is 4.74 Å². The zero-order chi connectivity index (χ0) is 20.3. The summed E-state index contributed by atoms with van der Waals surface area (Å²) in [6.07, 6.45) is -0.333. The number of carbonyl (C=O) groups excluding carboxylic acids is 2. The number of piperazine rings is 1. The van der Waals surface area contributed by atoms with Crippen LogP contribution in [0.25, 0.3) is 10.8 Å². The number of hydrogen-bond acceptors (Lipinski definition) is 4. The fraction of sp³-hybridized carbons (Fsp3) is 0.455. The molecule has 0 N–H and O–H groups in total. The summed E-state index contributed by atoms with van der Waals surface area (Å²) in [7, 11) is 0. The van der Waals surface area contributed by atoms with Gasteiger partial charge in [0.1, 0.15) is 11.4 Å². The lowest BCUT2D eigenvalue weighted by Gasteiger charge is -2.35. The molecule has 0 atom stereocenters. The molecule has 0 saturated carbocycles. The van der Waals surface area contributed by atoms with Crippen molar-refractivity contribution in [3.05, 3.63) is 42.0 Å². The lowest BCUT2D eigenvalue weighted by molar-refractivity contribution is 0.0140. The summed E-state index contributed by atoms with van der Waals surface area (Å²) in [5.41, 5.74) is 0.0351. The minimum Gasteiger partial charge on any atom is -0.493 e. The summed E-state index contributed by atoms with van der Waals surface area (Å²) in [4.78, 5) is 28.8. The normalized spacial score (nSPS) is 14.9. The van der Waals surface area contributed by atoms with Crippen LogP contribution in [0.15, 0.2) is 36.4 Å². The van der Waals surface area contributed by atoms with Gasteiger partial charge in [-0.05, 0) is 50.6 Å². The lowest BCUT2D eigenvalue weighted by Crippen LogP contribution is -2.51. The molecule has 0 aliphatic carbocycles. The predicted octanol–water partition coefficient (Wildman–Crippen LogP) is 3.93. The van der Waals surface area contributed by atoms with Gasteiger partial charge in [0, 0.05) is 26.2 Å². The topological polar surface area (TPSA) is 59.1 Å². The van der Waals surface area contributed by atoms with Crippen LogP contribution in [-0.4, -0.2) is 60.2 Å². The quantitative estimate of drug-likeness (QED) is 0.804. The number of carbonyl (C=O) groups is 2. The van der Waals surface area contributed by atoms with Gasteiger partial charge in [-0.3, -0.25) is 4.79 Å². The first-order chi connectivity index (χ1) is 13.3. The molecule has 1 saturated heterocycles. The Hall–Kier alpha value is -2.76. The molecular formula is C22H28N2O4. The SMILES string of the molecule is CCOc1cc2ccccc2cc1C(=O)N1CCN(C(=O)OC(C)(C)C)CC1. The van der Waals surface area contributed by atoms with Gasteiger partial charge >= 0.3 is 6.09 Å². The summed E-state index contributed by atoms with van der Waals surface area (Å²) in [6, 6.07) is 11.7. The number of benzene rings is 2. The van der Waals surface area contributed by atoms with E-state index >= 15 is 0 Å². The fourth-order valence-electron chi connectivity index (χ4n) is 3.25. The van der Waals surface area contributed by atoms with Crippen LogP contribution >= 0.6 is 0 Å². The van der Waals surface area contributed by atoms with Gasteiger partial charge in [-0.1, -0.05) is 24.3 Å². The third-order valence-corrected chi connectivity index (χ3v) is 4.60. The molecule has 6 heteroatoms. The molecule has 2 aromatic carbocycles. The molecule has 0 unspecified atom stereocenters. The Bertz CT molecular complexity index is 864. The Morgan fingerprint density at radius 1 is 0.964 bits per heavy atom. The average Bonchev–Trinajstić information content (AvgIpc) is 2.66. The van der Waals surface area contributed by atoms with Crippen LogP contribution in [-0.2, 0) is 4.74 Å². The van der Waals surface area contributed by atoms with E-state index in [1.54, 1.807) is 9.80 Å². The van der Waals surface area contributed by atoms with E-state index in [1.807, 2.05) is 64.1 Å². The third-order valence-electron chi connectivity index (χ3n) is 4.60. The molecule has 0 spiro atoms. The largest absolute Gasteiger partial charge is 0.493 e. The highest BCUT2D eigenvalue weighted by atomic mass is 16.6. The maximum absolute atomic E-state index is 13.2. The van der Waals surface area contributed by atoms with E-state index in [2.05, 4.69) is 0 Å². The number of rotatable bonds is 3. The molecule has 150 valence electrons. The second kappa shape index (κ2) is 8.09. The Morgan fingerprint density at radius 2 is 1.54 bits per heavy atom. The summed E-state index contributed by atoms with van der Waals surface area (Å²) < 4.78 is 11.2. The fourth-order valence-corrected chi connectivity index (χ4v) is 3.25. The van der Waals surface area contributed by atoms with Gasteiger partial charge in [0.2, 0.25) is 0 Å². The van der Waals surface area contributed by atoms with E-state index in [1.165, 1.54) is 0 Å². The van der Waals surface area contributed by atoms with Gasteiger partial charge in [-0.25, -0.2) is 4.79 Å². The van der Waals surface area contributed by atoms with E-state index < -0.39 is 5.60 Å². The lowest BCUT2D eigenvalue weighted by atomic mass is 10.0. The summed E-state index contributed by atoms with van der Waals surface area (Å²) in [5.74, 6) is 0.527. The first-order valence-electron chi connectivity index (χ1n) is 9.71. The van der Waals surface area contributed by atoms with Crippen molar-refractivity contribution in [1.29, 1.82) is 0 Å². The number of ether oxygens (including phenoxy) is 2. The van der Waals surface area contributed by atoms with Gasteiger partial charge in [0.05, 0.1) is 12.2 Å². The van der Waals surface area contributed by atoms with E-state index in [9.17, 15) is 9.59 Å². The third kappa shape index (κ3) is 4.55. The van der Waals surface area contributed by atoms with Crippen molar-refractivity contribution in [2.75, 3.05) is 32.8 Å². The number of amides is 2. The Balaban J connectivity index is 1.74. The van der Waals surface area contributed by atoms with Crippen LogP contribution in [0, 0.1) is 0 Å². The molecule has 1 fully saturated rings. The molecule has 0 bridgehead atoms. The minimum atomic E-state index is -0.526. The Kier molecular flexibility index (Phi) is 5.77. The highest BCUT2D eigenvalue weighted by Gasteiger charge is 2.29. The maximum Gasteiger partial charge on any atom is 0.410 e. The number of nitrogens with zero attached hydrogens (tertiary/aromatic N) is 2. The smallest absolute Gasteiger partial charge is 0.410 e. The average molecular weight is 384 g/mol. The maximum atomic E-state index is 13.2. The van der Waals surface area contributed by atoms with Gasteiger partial charge in [0.15, 0.2) is 0 Å². The predicted molar refractivity (Wildman–Crippen MR) is 109 cm³/mol. The van der Waals surface area contributed by atoms with Crippen molar-refractivity contribution < 1.29 is 19.1 Å². The summed E-state index contributed by atoms with van der Waals surface area (Å²) in [6.45, 7) is 9.79. The molecule has 0 aromatic heterocycles. The van der Waals surface area contributed by atoms with Gasteiger partial charge in [-0.15, -0.1) is 0 Å². The molecule has 0 radical (unpaired) electrons. The van der Waals surface area contributed by atoms with Crippen molar-refractivity contribution in [1.82, 2.24) is 9.80 Å². The van der Waals surface area contributed by atoms with Crippen molar-refractivity contribution in [2.24, 2.45) is 0 Å². The van der Waals surface area contributed by atoms with Crippen LogP contribution in [0.3, 0.4) is 0 Å². The van der Waals surface area contributed by atoms with Crippen LogP contribution in [0.4, 0.5) is 4.79 Å². The van der Waals surface area contributed by atoms with Crippen molar-refractivity contribution in [3.8, 4) is 5.75 Å². The van der Waals surface area contributed by atoms with E-state index in [0.29, 0.717) is 44.1 Å².